The number of benzene rings is 2. The minimum atomic E-state index is -0.441. The molecule has 4 rings (SSSR count). The number of rotatable bonds is 3. The van der Waals surface area contributed by atoms with Gasteiger partial charge in [-0.2, -0.15) is 0 Å². The van der Waals surface area contributed by atoms with Gasteiger partial charge in [0.2, 0.25) is 0 Å². The van der Waals surface area contributed by atoms with Gasteiger partial charge >= 0.3 is 0 Å². The Bertz CT molecular complexity index is 1040. The van der Waals surface area contributed by atoms with Crippen LogP contribution in [0.4, 0.5) is 10.2 Å². The summed E-state index contributed by atoms with van der Waals surface area (Å²) in [5.74, 6) is -0.246. The summed E-state index contributed by atoms with van der Waals surface area (Å²) < 4.78 is 20.4. The van der Waals surface area contributed by atoms with Gasteiger partial charge in [-0.25, -0.2) is 9.37 Å². The fraction of sp³-hybridized carbons (Fsp3) is 0.227. The molecule has 0 spiro atoms. The van der Waals surface area contributed by atoms with Crippen molar-refractivity contribution < 1.29 is 13.9 Å². The maximum atomic E-state index is 14.8. The zero-order valence-electron chi connectivity index (χ0n) is 16.0. The van der Waals surface area contributed by atoms with Crippen molar-refractivity contribution >= 4 is 11.7 Å². The number of amides is 1. The third-order valence-corrected chi connectivity index (χ3v) is 4.91. The zero-order valence-corrected chi connectivity index (χ0v) is 16.0. The van der Waals surface area contributed by atoms with Crippen molar-refractivity contribution in [3.05, 3.63) is 66.2 Å². The Morgan fingerprint density at radius 2 is 2.00 bits per heavy atom. The first kappa shape index (κ1) is 19.0. The van der Waals surface area contributed by atoms with Gasteiger partial charge in [-0.3, -0.25) is 9.78 Å². The van der Waals surface area contributed by atoms with E-state index in [0.29, 0.717) is 47.6 Å². The van der Waals surface area contributed by atoms with E-state index in [-0.39, 0.29) is 17.8 Å². The number of carbonyl (C=O) groups is 1. The SMILES string of the molecule is CC1CN(C(=O)c2ccccc2-c2ccc(-c3cnc(N)cn3)c(F)c2)CCO1. The molecule has 3 aromatic rings. The van der Waals surface area contributed by atoms with E-state index in [2.05, 4.69) is 9.97 Å². The number of hydrogen-bond acceptors (Lipinski definition) is 5. The third kappa shape index (κ3) is 3.95. The highest BCUT2D eigenvalue weighted by atomic mass is 19.1. The van der Waals surface area contributed by atoms with E-state index in [1.54, 1.807) is 23.1 Å². The van der Waals surface area contributed by atoms with Crippen molar-refractivity contribution in [2.45, 2.75) is 13.0 Å². The number of nitrogens with zero attached hydrogens (tertiary/aromatic N) is 3. The second-order valence-electron chi connectivity index (χ2n) is 7.00. The summed E-state index contributed by atoms with van der Waals surface area (Å²) in [6.45, 7) is 3.54. The van der Waals surface area contributed by atoms with Gasteiger partial charge < -0.3 is 15.4 Å². The molecule has 1 saturated heterocycles. The average molecular weight is 392 g/mol. The van der Waals surface area contributed by atoms with Crippen LogP contribution in [0.15, 0.2) is 54.9 Å². The predicted molar refractivity (Wildman–Crippen MR) is 109 cm³/mol. The Morgan fingerprint density at radius 1 is 1.17 bits per heavy atom. The van der Waals surface area contributed by atoms with Crippen LogP contribution >= 0.6 is 0 Å². The van der Waals surface area contributed by atoms with Crippen molar-refractivity contribution in [1.29, 1.82) is 0 Å². The lowest BCUT2D eigenvalue weighted by Crippen LogP contribution is -2.44. The highest BCUT2D eigenvalue weighted by molar-refractivity contribution is 6.01. The number of aromatic nitrogens is 2. The van der Waals surface area contributed by atoms with E-state index in [1.807, 2.05) is 25.1 Å². The zero-order chi connectivity index (χ0) is 20.4. The van der Waals surface area contributed by atoms with Gasteiger partial charge in [-0.05, 0) is 36.2 Å². The van der Waals surface area contributed by atoms with Gasteiger partial charge in [-0.15, -0.1) is 0 Å². The number of anilines is 1. The monoisotopic (exact) mass is 392 g/mol. The van der Waals surface area contributed by atoms with Crippen molar-refractivity contribution in [2.75, 3.05) is 25.4 Å². The molecular weight excluding hydrogens is 371 g/mol. The van der Waals surface area contributed by atoms with Gasteiger partial charge in [0.05, 0.1) is 30.8 Å². The Balaban J connectivity index is 1.68. The molecule has 1 amide bonds. The van der Waals surface area contributed by atoms with Gasteiger partial charge in [0, 0.05) is 24.2 Å². The van der Waals surface area contributed by atoms with Crippen LogP contribution in [0.5, 0.6) is 0 Å². The smallest absolute Gasteiger partial charge is 0.254 e. The predicted octanol–water partition coefficient (Wildman–Crippen LogP) is 3.39. The second kappa shape index (κ2) is 7.97. The van der Waals surface area contributed by atoms with E-state index in [0.717, 1.165) is 0 Å². The number of nitrogens with two attached hydrogens (primary N) is 1. The summed E-state index contributed by atoms with van der Waals surface area (Å²) in [5, 5.41) is 0. The summed E-state index contributed by atoms with van der Waals surface area (Å²) in [6.07, 6.45) is 2.82. The lowest BCUT2D eigenvalue weighted by Gasteiger charge is -2.31. The van der Waals surface area contributed by atoms with Crippen LogP contribution in [0.1, 0.15) is 17.3 Å². The molecule has 1 fully saturated rings. The standard InChI is InChI=1S/C22H21FN4O2/c1-14-13-27(8-9-29-14)22(28)17-5-3-2-4-16(17)15-6-7-18(19(23)10-15)20-11-26-21(24)12-25-20/h2-7,10-12,14H,8-9,13H2,1H3,(H2,24,26). The average Bonchev–Trinajstić information content (AvgIpc) is 2.74. The van der Waals surface area contributed by atoms with E-state index in [1.165, 1.54) is 18.5 Å². The summed E-state index contributed by atoms with van der Waals surface area (Å²) in [4.78, 5) is 23.0. The first-order valence-corrected chi connectivity index (χ1v) is 9.40. The van der Waals surface area contributed by atoms with Crippen molar-refractivity contribution in [3.63, 3.8) is 0 Å². The first-order chi connectivity index (χ1) is 14.0. The molecule has 0 bridgehead atoms. The van der Waals surface area contributed by atoms with Gasteiger partial charge in [0.15, 0.2) is 0 Å². The van der Waals surface area contributed by atoms with Crippen LogP contribution in [-0.2, 0) is 4.74 Å². The maximum Gasteiger partial charge on any atom is 0.254 e. The molecule has 0 radical (unpaired) electrons. The molecule has 29 heavy (non-hydrogen) atoms. The number of halogens is 1. The van der Waals surface area contributed by atoms with Crippen LogP contribution in [0, 0.1) is 5.82 Å². The largest absolute Gasteiger partial charge is 0.382 e. The normalized spacial score (nSPS) is 16.6. The molecule has 0 aliphatic carbocycles. The van der Waals surface area contributed by atoms with Crippen LogP contribution in [0.3, 0.4) is 0 Å². The summed E-state index contributed by atoms with van der Waals surface area (Å²) in [5.41, 5.74) is 8.12. The fourth-order valence-corrected chi connectivity index (χ4v) is 3.46. The molecule has 2 heterocycles. The third-order valence-electron chi connectivity index (χ3n) is 4.91. The topological polar surface area (TPSA) is 81.3 Å². The van der Waals surface area contributed by atoms with Gasteiger partial charge in [0.1, 0.15) is 11.6 Å². The van der Waals surface area contributed by atoms with Crippen molar-refractivity contribution in [3.8, 4) is 22.4 Å². The van der Waals surface area contributed by atoms with Crippen molar-refractivity contribution in [1.82, 2.24) is 14.9 Å². The maximum absolute atomic E-state index is 14.8. The summed E-state index contributed by atoms with van der Waals surface area (Å²) in [6, 6.07) is 12.1. The lowest BCUT2D eigenvalue weighted by molar-refractivity contribution is -0.0123. The number of carbonyl (C=O) groups excluding carboxylic acids is 1. The first-order valence-electron chi connectivity index (χ1n) is 9.40. The molecule has 7 heteroatoms. The molecule has 1 atom stereocenters. The van der Waals surface area contributed by atoms with Crippen molar-refractivity contribution in [2.24, 2.45) is 0 Å². The van der Waals surface area contributed by atoms with E-state index in [4.69, 9.17) is 10.5 Å². The Kier molecular flexibility index (Phi) is 5.22. The van der Waals surface area contributed by atoms with Gasteiger partial charge in [0.25, 0.3) is 5.91 Å². The van der Waals surface area contributed by atoms with Crippen LogP contribution < -0.4 is 5.73 Å². The minimum Gasteiger partial charge on any atom is -0.382 e. The summed E-state index contributed by atoms with van der Waals surface area (Å²) >= 11 is 0. The number of hydrogen-bond donors (Lipinski definition) is 1. The number of nitrogen functional groups attached to an aromatic ring is 1. The van der Waals surface area contributed by atoms with E-state index >= 15 is 0 Å². The molecular formula is C22H21FN4O2. The van der Waals surface area contributed by atoms with Crippen LogP contribution in [0.25, 0.3) is 22.4 Å². The fourth-order valence-electron chi connectivity index (χ4n) is 3.46. The number of ether oxygens (including phenoxy) is 1. The molecule has 1 unspecified atom stereocenters. The molecule has 1 aliphatic rings. The molecule has 1 aliphatic heterocycles. The molecule has 0 saturated carbocycles. The second-order valence-corrected chi connectivity index (χ2v) is 7.00. The van der Waals surface area contributed by atoms with Gasteiger partial charge in [-0.1, -0.05) is 24.3 Å². The highest BCUT2D eigenvalue weighted by Crippen LogP contribution is 2.30. The van der Waals surface area contributed by atoms with E-state index in [9.17, 15) is 9.18 Å². The Labute approximate surface area is 168 Å². The molecule has 2 N–H and O–H groups in total. The van der Waals surface area contributed by atoms with Crippen LogP contribution in [-0.4, -0.2) is 46.6 Å². The quantitative estimate of drug-likeness (QED) is 0.739. The molecule has 1 aromatic heterocycles. The molecule has 148 valence electrons. The van der Waals surface area contributed by atoms with Crippen LogP contribution in [0.2, 0.25) is 0 Å². The number of morpholine rings is 1. The Hall–Kier alpha value is -3.32. The summed E-state index contributed by atoms with van der Waals surface area (Å²) in [7, 11) is 0. The Morgan fingerprint density at radius 3 is 2.72 bits per heavy atom. The minimum absolute atomic E-state index is 0.00221. The molecule has 2 aromatic carbocycles. The lowest BCUT2D eigenvalue weighted by atomic mass is 9.97. The highest BCUT2D eigenvalue weighted by Gasteiger charge is 2.24. The van der Waals surface area contributed by atoms with E-state index < -0.39 is 5.82 Å². The molecule has 6 nitrogen and oxygen atoms in total.